The second-order valence-electron chi connectivity index (χ2n) is 4.60. The Morgan fingerprint density at radius 2 is 2.05 bits per heavy atom. The van der Waals surface area contributed by atoms with Crippen LogP contribution in [-0.4, -0.2) is 20.9 Å². The van der Waals surface area contributed by atoms with Crippen molar-refractivity contribution >= 4 is 45.0 Å². The van der Waals surface area contributed by atoms with Crippen LogP contribution in [0.15, 0.2) is 10.8 Å². The Bertz CT molecular complexity index is 743. The number of thiazole rings is 2. The largest absolute Gasteiger partial charge is 0.382 e. The molecule has 0 atom stereocenters. The number of nitrogens with one attached hydrogen (secondary N) is 1. The van der Waals surface area contributed by atoms with Crippen molar-refractivity contribution in [1.82, 2.24) is 14.3 Å². The van der Waals surface area contributed by atoms with Gasteiger partial charge >= 0.3 is 0 Å². The van der Waals surface area contributed by atoms with Crippen LogP contribution in [0.5, 0.6) is 0 Å². The van der Waals surface area contributed by atoms with Crippen LogP contribution in [-0.2, 0) is 6.42 Å². The lowest BCUT2D eigenvalue weighted by Gasteiger charge is -2.04. The fourth-order valence-electron chi connectivity index (χ4n) is 1.93. The molecule has 5 nitrogen and oxygen atoms in total. The summed E-state index contributed by atoms with van der Waals surface area (Å²) < 4.78 is 4.24. The summed E-state index contributed by atoms with van der Waals surface area (Å²) in [6.45, 7) is 4.81. The summed E-state index contributed by atoms with van der Waals surface area (Å²) in [5, 5.41) is 10.5. The van der Waals surface area contributed by atoms with E-state index in [1.54, 1.807) is 22.7 Å². The van der Waals surface area contributed by atoms with E-state index in [9.17, 15) is 0 Å². The Morgan fingerprint density at radius 1 is 1.19 bits per heavy atom. The van der Waals surface area contributed by atoms with Crippen molar-refractivity contribution < 1.29 is 0 Å². The van der Waals surface area contributed by atoms with Gasteiger partial charge in [-0.25, -0.2) is 9.97 Å². The highest BCUT2D eigenvalue weighted by Gasteiger charge is 2.16. The molecular weight excluding hydrogens is 322 g/mol. The third-order valence-electron chi connectivity index (χ3n) is 2.88. The smallest absolute Gasteiger partial charge is 0.149 e. The summed E-state index contributed by atoms with van der Waals surface area (Å²) in [4.78, 5) is 8.96. The maximum atomic E-state index is 5.98. The van der Waals surface area contributed by atoms with Gasteiger partial charge in [-0.2, -0.15) is 4.37 Å². The maximum absolute atomic E-state index is 5.98. The molecule has 110 valence electrons. The predicted octanol–water partition coefficient (Wildman–Crippen LogP) is 3.58. The lowest BCUT2D eigenvalue weighted by atomic mass is 10.3. The lowest BCUT2D eigenvalue weighted by Crippen LogP contribution is -2.05. The van der Waals surface area contributed by atoms with Crippen LogP contribution in [0.3, 0.4) is 0 Å². The zero-order valence-electron chi connectivity index (χ0n) is 11.7. The summed E-state index contributed by atoms with van der Waals surface area (Å²) >= 11 is 4.66. The molecule has 0 fully saturated rings. The first-order chi connectivity index (χ1) is 10.1. The van der Waals surface area contributed by atoms with Crippen LogP contribution in [0.1, 0.15) is 16.4 Å². The van der Waals surface area contributed by atoms with Gasteiger partial charge in [0.2, 0.25) is 0 Å². The van der Waals surface area contributed by atoms with E-state index in [0.29, 0.717) is 5.82 Å². The average Bonchev–Trinajstić information content (AvgIpc) is 3.12. The molecule has 0 bridgehead atoms. The van der Waals surface area contributed by atoms with Gasteiger partial charge in [0.05, 0.1) is 16.3 Å². The van der Waals surface area contributed by atoms with E-state index in [4.69, 9.17) is 5.73 Å². The molecule has 3 aromatic rings. The molecule has 8 heteroatoms. The molecule has 3 heterocycles. The van der Waals surface area contributed by atoms with E-state index >= 15 is 0 Å². The molecule has 0 aliphatic rings. The second kappa shape index (κ2) is 6.08. The van der Waals surface area contributed by atoms with Crippen molar-refractivity contribution in [2.45, 2.75) is 20.3 Å². The van der Waals surface area contributed by atoms with Crippen LogP contribution >= 0.6 is 34.2 Å². The van der Waals surface area contributed by atoms with E-state index in [1.165, 1.54) is 11.5 Å². The van der Waals surface area contributed by atoms with Gasteiger partial charge in [-0.05, 0) is 25.4 Å². The predicted molar refractivity (Wildman–Crippen MR) is 91.4 cm³/mol. The van der Waals surface area contributed by atoms with Gasteiger partial charge in [0, 0.05) is 29.4 Å². The first-order valence-corrected chi connectivity index (χ1v) is 8.99. The summed E-state index contributed by atoms with van der Waals surface area (Å²) in [5.74, 6) is 0.543. The third kappa shape index (κ3) is 3.22. The van der Waals surface area contributed by atoms with E-state index in [2.05, 4.69) is 25.0 Å². The Morgan fingerprint density at radius 3 is 2.71 bits per heavy atom. The Balaban J connectivity index is 1.71. The lowest BCUT2D eigenvalue weighted by molar-refractivity contribution is 0.972. The molecule has 0 saturated carbocycles. The Hall–Kier alpha value is -1.51. The molecule has 0 aliphatic heterocycles. The number of aromatic nitrogens is 3. The highest BCUT2D eigenvalue weighted by molar-refractivity contribution is 7.15. The zero-order valence-corrected chi connectivity index (χ0v) is 14.2. The molecular formula is C13H15N5S3. The van der Waals surface area contributed by atoms with Crippen molar-refractivity contribution in [3.05, 3.63) is 27.2 Å². The van der Waals surface area contributed by atoms with Gasteiger partial charge in [-0.3, -0.25) is 0 Å². The Labute approximate surface area is 135 Å². The first kappa shape index (κ1) is 14.4. The van der Waals surface area contributed by atoms with Crippen molar-refractivity contribution in [2.24, 2.45) is 0 Å². The standard InChI is InChI=1S/C13H15N5S3/c1-7-5-20-13(16-7)10-11(14)18-21-12(10)15-4-3-9-6-19-8(2)17-9/h5-6,15H,3-4H2,1-2H3,(H2,14,18). The van der Waals surface area contributed by atoms with Crippen LogP contribution < -0.4 is 11.1 Å². The Kier molecular flexibility index (Phi) is 4.18. The van der Waals surface area contributed by atoms with Crippen LogP contribution in [0.25, 0.3) is 10.6 Å². The molecule has 3 N–H and O–H groups in total. The van der Waals surface area contributed by atoms with Crippen molar-refractivity contribution in [1.29, 1.82) is 0 Å². The normalized spacial score (nSPS) is 11.0. The highest BCUT2D eigenvalue weighted by Crippen LogP contribution is 2.38. The van der Waals surface area contributed by atoms with Gasteiger partial charge < -0.3 is 11.1 Å². The molecule has 3 rings (SSSR count). The number of rotatable bonds is 5. The molecule has 0 saturated heterocycles. The molecule has 0 radical (unpaired) electrons. The quantitative estimate of drug-likeness (QED) is 0.744. The fraction of sp³-hybridized carbons (Fsp3) is 0.308. The molecule has 0 aliphatic carbocycles. The summed E-state index contributed by atoms with van der Waals surface area (Å²) in [7, 11) is 0. The minimum atomic E-state index is 0.543. The number of hydrogen-bond acceptors (Lipinski definition) is 8. The zero-order chi connectivity index (χ0) is 14.8. The SMILES string of the molecule is Cc1csc(-c2c(N)nsc2NCCc2csc(C)n2)n1. The van der Waals surface area contributed by atoms with Gasteiger partial charge in [0.1, 0.15) is 15.8 Å². The van der Waals surface area contributed by atoms with Crippen LogP contribution in [0.2, 0.25) is 0 Å². The number of nitrogen functional groups attached to an aromatic ring is 1. The van der Waals surface area contributed by atoms with Crippen molar-refractivity contribution in [3.8, 4) is 10.6 Å². The van der Waals surface area contributed by atoms with Gasteiger partial charge in [-0.15, -0.1) is 22.7 Å². The highest BCUT2D eigenvalue weighted by atomic mass is 32.1. The number of hydrogen-bond donors (Lipinski definition) is 2. The molecule has 0 spiro atoms. The number of aryl methyl sites for hydroxylation is 2. The minimum Gasteiger partial charge on any atom is -0.382 e. The summed E-state index contributed by atoms with van der Waals surface area (Å²) in [5.41, 5.74) is 9.03. The van der Waals surface area contributed by atoms with E-state index < -0.39 is 0 Å². The number of anilines is 2. The maximum Gasteiger partial charge on any atom is 0.149 e. The molecule has 0 amide bonds. The van der Waals surface area contributed by atoms with Gasteiger partial charge in [0.25, 0.3) is 0 Å². The van der Waals surface area contributed by atoms with E-state index in [0.717, 1.165) is 44.9 Å². The van der Waals surface area contributed by atoms with E-state index in [1.807, 2.05) is 19.2 Å². The van der Waals surface area contributed by atoms with Crippen LogP contribution in [0, 0.1) is 13.8 Å². The molecule has 21 heavy (non-hydrogen) atoms. The van der Waals surface area contributed by atoms with Crippen LogP contribution in [0.4, 0.5) is 10.8 Å². The first-order valence-electron chi connectivity index (χ1n) is 6.46. The van der Waals surface area contributed by atoms with Gasteiger partial charge in [-0.1, -0.05) is 0 Å². The van der Waals surface area contributed by atoms with Crippen molar-refractivity contribution in [3.63, 3.8) is 0 Å². The third-order valence-corrected chi connectivity index (χ3v) is 5.50. The van der Waals surface area contributed by atoms with Crippen molar-refractivity contribution in [2.75, 3.05) is 17.6 Å². The molecule has 0 unspecified atom stereocenters. The monoisotopic (exact) mass is 337 g/mol. The average molecular weight is 337 g/mol. The van der Waals surface area contributed by atoms with E-state index in [-0.39, 0.29) is 0 Å². The summed E-state index contributed by atoms with van der Waals surface area (Å²) in [6, 6.07) is 0. The summed E-state index contributed by atoms with van der Waals surface area (Å²) in [6.07, 6.45) is 0.887. The molecule has 3 aromatic heterocycles. The number of nitrogens with zero attached hydrogens (tertiary/aromatic N) is 3. The minimum absolute atomic E-state index is 0.543. The molecule has 0 aromatic carbocycles. The second-order valence-corrected chi connectivity index (χ2v) is 7.29. The fourth-order valence-corrected chi connectivity index (χ4v) is 4.23. The topological polar surface area (TPSA) is 76.7 Å². The number of nitrogens with two attached hydrogens (primary N) is 1. The van der Waals surface area contributed by atoms with Gasteiger partial charge in [0.15, 0.2) is 0 Å².